The number of pyridine rings is 1. The summed E-state index contributed by atoms with van der Waals surface area (Å²) < 4.78 is 4.71. The molecule has 6 nitrogen and oxygen atoms in total. The Morgan fingerprint density at radius 2 is 2.06 bits per heavy atom. The third kappa shape index (κ3) is 4.02. The highest BCUT2D eigenvalue weighted by Gasteiger charge is 2.08. The van der Waals surface area contributed by atoms with E-state index in [4.69, 9.17) is 4.74 Å². The minimum Gasteiger partial charge on any atom is -0.461 e. The van der Waals surface area contributed by atoms with Crippen molar-refractivity contribution in [3.05, 3.63) is 30.1 Å². The van der Waals surface area contributed by atoms with Gasteiger partial charge in [-0.2, -0.15) is 5.10 Å². The van der Waals surface area contributed by atoms with Crippen LogP contribution in [0.4, 0.5) is 0 Å². The van der Waals surface area contributed by atoms with E-state index in [9.17, 15) is 9.59 Å². The fraction of sp³-hybridized carbons (Fsp3) is 0.273. The second kappa shape index (κ2) is 6.37. The van der Waals surface area contributed by atoms with Crippen LogP contribution in [0.1, 0.15) is 24.2 Å². The van der Waals surface area contributed by atoms with Gasteiger partial charge in [0.05, 0.1) is 6.61 Å². The number of hydrogen-bond donors (Lipinski definition) is 1. The van der Waals surface area contributed by atoms with E-state index in [2.05, 4.69) is 15.5 Å². The van der Waals surface area contributed by atoms with Crippen molar-refractivity contribution in [2.24, 2.45) is 5.10 Å². The molecule has 0 aliphatic carbocycles. The van der Waals surface area contributed by atoms with E-state index >= 15 is 0 Å². The second-order valence-corrected chi connectivity index (χ2v) is 3.09. The van der Waals surface area contributed by atoms with Crippen molar-refractivity contribution in [1.29, 1.82) is 0 Å². The predicted molar refractivity (Wildman–Crippen MR) is 61.4 cm³/mol. The van der Waals surface area contributed by atoms with Crippen molar-refractivity contribution < 1.29 is 14.3 Å². The number of carbonyl (C=O) groups is 2. The minimum absolute atomic E-state index is 0.0919. The molecule has 0 saturated carbocycles. The summed E-state index contributed by atoms with van der Waals surface area (Å²) in [5.74, 6) is -0.960. The van der Waals surface area contributed by atoms with Crippen LogP contribution in [0.2, 0.25) is 0 Å². The summed E-state index contributed by atoms with van der Waals surface area (Å²) in [6.07, 6.45) is 2.99. The van der Waals surface area contributed by atoms with Crippen LogP contribution in [0.15, 0.2) is 29.6 Å². The maximum Gasteiger partial charge on any atom is 0.354 e. The Kier molecular flexibility index (Phi) is 4.80. The fourth-order valence-electron chi connectivity index (χ4n) is 0.984. The van der Waals surface area contributed by atoms with Gasteiger partial charge < -0.3 is 4.74 Å². The van der Waals surface area contributed by atoms with E-state index in [1.807, 2.05) is 0 Å². The number of carbonyl (C=O) groups excluding carboxylic acids is 2. The lowest BCUT2D eigenvalue weighted by molar-refractivity contribution is -0.135. The van der Waals surface area contributed by atoms with E-state index in [0.29, 0.717) is 5.56 Å². The van der Waals surface area contributed by atoms with Gasteiger partial charge in [-0.05, 0) is 26.0 Å². The molecule has 1 amide bonds. The summed E-state index contributed by atoms with van der Waals surface area (Å²) in [5.41, 5.74) is 2.77. The number of amides is 1. The Labute approximate surface area is 98.7 Å². The highest BCUT2D eigenvalue weighted by molar-refractivity contribution is 6.35. The molecule has 0 spiro atoms. The number of nitrogens with one attached hydrogen (secondary N) is 1. The summed E-state index contributed by atoms with van der Waals surface area (Å²) >= 11 is 0. The summed E-state index contributed by atoms with van der Waals surface area (Å²) in [6, 6.07) is 3.09. The Balaban J connectivity index is 2.59. The lowest BCUT2D eigenvalue weighted by Gasteiger charge is -2.02. The molecular weight excluding hydrogens is 222 g/mol. The third-order valence-electron chi connectivity index (χ3n) is 1.84. The van der Waals surface area contributed by atoms with Crippen LogP contribution in [-0.4, -0.2) is 29.2 Å². The van der Waals surface area contributed by atoms with Crippen LogP contribution in [0.5, 0.6) is 0 Å². The molecule has 1 heterocycles. The van der Waals surface area contributed by atoms with E-state index in [-0.39, 0.29) is 12.3 Å². The van der Waals surface area contributed by atoms with Crippen LogP contribution in [-0.2, 0) is 9.53 Å². The molecule has 0 atom stereocenters. The molecule has 0 saturated heterocycles. The predicted octanol–water partition coefficient (Wildman–Crippen LogP) is 0.750. The number of nitrogens with zero attached hydrogens (tertiary/aromatic N) is 2. The molecule has 1 aromatic heterocycles. The van der Waals surface area contributed by atoms with Crippen molar-refractivity contribution in [3.8, 4) is 0 Å². The Bertz CT molecular complexity index is 429. The fourth-order valence-corrected chi connectivity index (χ4v) is 0.984. The molecule has 0 unspecified atom stereocenters. The molecule has 0 aromatic carbocycles. The first-order valence-corrected chi connectivity index (χ1v) is 5.07. The van der Waals surface area contributed by atoms with Gasteiger partial charge in [-0.3, -0.25) is 9.78 Å². The Hall–Kier alpha value is -2.24. The summed E-state index contributed by atoms with van der Waals surface area (Å²) in [5, 5.41) is 3.64. The van der Waals surface area contributed by atoms with Gasteiger partial charge >= 0.3 is 5.97 Å². The van der Waals surface area contributed by atoms with Crippen LogP contribution in [0, 0.1) is 0 Å². The van der Waals surface area contributed by atoms with Crippen molar-refractivity contribution in [2.75, 3.05) is 6.61 Å². The first-order chi connectivity index (χ1) is 8.15. The molecule has 0 aliphatic heterocycles. The third-order valence-corrected chi connectivity index (χ3v) is 1.84. The normalized spacial score (nSPS) is 10.8. The van der Waals surface area contributed by atoms with Gasteiger partial charge in [0.1, 0.15) is 5.71 Å². The van der Waals surface area contributed by atoms with Gasteiger partial charge in [0.2, 0.25) is 0 Å². The van der Waals surface area contributed by atoms with Gasteiger partial charge in [-0.15, -0.1) is 0 Å². The molecule has 1 N–H and O–H groups in total. The van der Waals surface area contributed by atoms with E-state index in [1.165, 1.54) is 19.3 Å². The van der Waals surface area contributed by atoms with Crippen LogP contribution in [0.25, 0.3) is 0 Å². The van der Waals surface area contributed by atoms with E-state index < -0.39 is 11.9 Å². The molecule has 6 heteroatoms. The summed E-state index contributed by atoms with van der Waals surface area (Å²) in [6.45, 7) is 3.43. The van der Waals surface area contributed by atoms with Crippen LogP contribution in [0.3, 0.4) is 0 Å². The zero-order valence-electron chi connectivity index (χ0n) is 9.64. The SMILES string of the molecule is CCOC(=O)/C(C)=N/NC(=O)c1ccncc1. The number of esters is 1. The maximum absolute atomic E-state index is 11.5. The largest absolute Gasteiger partial charge is 0.461 e. The van der Waals surface area contributed by atoms with E-state index in [0.717, 1.165) is 0 Å². The molecule has 0 aliphatic rings. The molecule has 0 bridgehead atoms. The smallest absolute Gasteiger partial charge is 0.354 e. The Morgan fingerprint density at radius 3 is 2.65 bits per heavy atom. The number of hydrogen-bond acceptors (Lipinski definition) is 5. The lowest BCUT2D eigenvalue weighted by Crippen LogP contribution is -2.23. The number of hydrazone groups is 1. The molecule has 90 valence electrons. The summed E-state index contributed by atoms with van der Waals surface area (Å²) in [4.78, 5) is 26.5. The van der Waals surface area contributed by atoms with Crippen molar-refractivity contribution in [1.82, 2.24) is 10.4 Å². The highest BCUT2D eigenvalue weighted by atomic mass is 16.5. The van der Waals surface area contributed by atoms with Crippen molar-refractivity contribution in [2.45, 2.75) is 13.8 Å². The average molecular weight is 235 g/mol. The topological polar surface area (TPSA) is 80.6 Å². The number of aromatic nitrogens is 1. The standard InChI is InChI=1S/C11H13N3O3/c1-3-17-11(16)8(2)13-14-10(15)9-4-6-12-7-5-9/h4-7H,3H2,1-2H3,(H,14,15)/b13-8+. The quantitative estimate of drug-likeness (QED) is 0.474. The van der Waals surface area contributed by atoms with Crippen LogP contribution >= 0.6 is 0 Å². The Morgan fingerprint density at radius 1 is 1.41 bits per heavy atom. The van der Waals surface area contributed by atoms with Crippen molar-refractivity contribution >= 4 is 17.6 Å². The molecule has 0 fully saturated rings. The molecule has 17 heavy (non-hydrogen) atoms. The van der Waals surface area contributed by atoms with E-state index in [1.54, 1.807) is 19.1 Å². The zero-order valence-corrected chi connectivity index (χ0v) is 9.64. The summed E-state index contributed by atoms with van der Waals surface area (Å²) in [7, 11) is 0. The molecule has 0 radical (unpaired) electrons. The zero-order chi connectivity index (χ0) is 12.7. The lowest BCUT2D eigenvalue weighted by atomic mass is 10.3. The molecule has 1 rings (SSSR count). The monoisotopic (exact) mass is 235 g/mol. The number of ether oxygens (including phenoxy) is 1. The van der Waals surface area contributed by atoms with Gasteiger partial charge in [-0.1, -0.05) is 0 Å². The van der Waals surface area contributed by atoms with Gasteiger partial charge in [0.25, 0.3) is 5.91 Å². The van der Waals surface area contributed by atoms with Crippen molar-refractivity contribution in [3.63, 3.8) is 0 Å². The second-order valence-electron chi connectivity index (χ2n) is 3.09. The van der Waals surface area contributed by atoms with Gasteiger partial charge in [0.15, 0.2) is 0 Å². The molecule has 1 aromatic rings. The van der Waals surface area contributed by atoms with Crippen LogP contribution < -0.4 is 5.43 Å². The average Bonchev–Trinajstić information content (AvgIpc) is 2.36. The first kappa shape index (κ1) is 12.8. The molecular formula is C11H13N3O3. The minimum atomic E-state index is -0.553. The highest BCUT2D eigenvalue weighted by Crippen LogP contribution is 1.95. The maximum atomic E-state index is 11.5. The first-order valence-electron chi connectivity index (χ1n) is 5.07. The van der Waals surface area contributed by atoms with Gasteiger partial charge in [0, 0.05) is 18.0 Å². The number of rotatable bonds is 4. The van der Waals surface area contributed by atoms with Gasteiger partial charge in [-0.25, -0.2) is 10.2 Å².